The fraction of sp³-hybridized carbons (Fsp3) is 0.467. The number of aromatic nitrogens is 3. The molecule has 0 saturated carbocycles. The van der Waals surface area contributed by atoms with E-state index in [0.717, 1.165) is 37.3 Å². The summed E-state index contributed by atoms with van der Waals surface area (Å²) in [5.74, 6) is 0.877. The summed E-state index contributed by atoms with van der Waals surface area (Å²) < 4.78 is 7.00. The van der Waals surface area contributed by atoms with E-state index in [-0.39, 0.29) is 6.04 Å². The first kappa shape index (κ1) is 14.5. The van der Waals surface area contributed by atoms with Crippen molar-refractivity contribution in [2.75, 3.05) is 7.11 Å². The lowest BCUT2D eigenvalue weighted by Gasteiger charge is -2.05. The lowest BCUT2D eigenvalue weighted by molar-refractivity contribution is 0.414. The number of hydrogen-bond donors (Lipinski definition) is 1. The zero-order valence-electron chi connectivity index (χ0n) is 12.1. The Hall–Kier alpha value is -1.88. The molecule has 1 atom stereocenters. The minimum Gasteiger partial charge on any atom is -0.497 e. The number of hydrogen-bond acceptors (Lipinski definition) is 4. The van der Waals surface area contributed by atoms with Crippen LogP contribution in [0.1, 0.15) is 37.1 Å². The summed E-state index contributed by atoms with van der Waals surface area (Å²) in [5.41, 5.74) is 8.16. The number of nitrogens with two attached hydrogens (primary N) is 1. The van der Waals surface area contributed by atoms with Gasteiger partial charge in [0.2, 0.25) is 0 Å². The second-order valence-electron chi connectivity index (χ2n) is 4.90. The number of ether oxygens (including phenoxy) is 1. The van der Waals surface area contributed by atoms with E-state index in [0.29, 0.717) is 0 Å². The Morgan fingerprint density at radius 3 is 2.70 bits per heavy atom. The molecule has 0 aliphatic heterocycles. The molecule has 0 aliphatic carbocycles. The second kappa shape index (κ2) is 7.05. The summed E-state index contributed by atoms with van der Waals surface area (Å²) in [6.07, 6.45) is 4.86. The highest BCUT2D eigenvalue weighted by atomic mass is 16.5. The second-order valence-corrected chi connectivity index (χ2v) is 4.90. The SMILES string of the molecule is CCCC(N)c1cn(CCc2ccc(OC)cc2)nn1. The number of aryl methyl sites for hydroxylation is 2. The Morgan fingerprint density at radius 2 is 2.05 bits per heavy atom. The number of rotatable bonds is 7. The molecule has 1 aromatic heterocycles. The lowest BCUT2D eigenvalue weighted by Crippen LogP contribution is -2.10. The fourth-order valence-electron chi connectivity index (χ4n) is 2.09. The molecule has 2 aromatic rings. The smallest absolute Gasteiger partial charge is 0.118 e. The van der Waals surface area contributed by atoms with Crippen LogP contribution in [0.4, 0.5) is 0 Å². The van der Waals surface area contributed by atoms with Crippen molar-refractivity contribution in [3.05, 3.63) is 41.7 Å². The highest BCUT2D eigenvalue weighted by molar-refractivity contribution is 5.27. The van der Waals surface area contributed by atoms with E-state index in [2.05, 4.69) is 29.4 Å². The minimum atomic E-state index is -0.00487. The number of benzene rings is 1. The predicted octanol–water partition coefficient (Wildman–Crippen LogP) is 2.33. The third-order valence-electron chi connectivity index (χ3n) is 3.32. The molecule has 0 bridgehead atoms. The van der Waals surface area contributed by atoms with Gasteiger partial charge in [-0.3, -0.25) is 4.68 Å². The van der Waals surface area contributed by atoms with Gasteiger partial charge in [0.25, 0.3) is 0 Å². The average molecular weight is 274 g/mol. The molecule has 108 valence electrons. The summed E-state index contributed by atoms with van der Waals surface area (Å²) >= 11 is 0. The molecule has 0 spiro atoms. The number of methoxy groups -OCH3 is 1. The van der Waals surface area contributed by atoms with Crippen molar-refractivity contribution in [1.29, 1.82) is 0 Å². The van der Waals surface area contributed by atoms with E-state index >= 15 is 0 Å². The van der Waals surface area contributed by atoms with Crippen molar-refractivity contribution < 1.29 is 4.74 Å². The highest BCUT2D eigenvalue weighted by Gasteiger charge is 2.09. The van der Waals surface area contributed by atoms with Crippen LogP contribution in [0.2, 0.25) is 0 Å². The third kappa shape index (κ3) is 3.81. The molecule has 0 amide bonds. The average Bonchev–Trinajstić information content (AvgIpc) is 2.95. The summed E-state index contributed by atoms with van der Waals surface area (Å²) in [5, 5.41) is 8.27. The zero-order valence-corrected chi connectivity index (χ0v) is 12.1. The molecule has 5 nitrogen and oxygen atoms in total. The van der Waals surface area contributed by atoms with Crippen LogP contribution in [0.25, 0.3) is 0 Å². The summed E-state index contributed by atoms with van der Waals surface area (Å²) in [7, 11) is 1.67. The molecule has 1 aromatic carbocycles. The van der Waals surface area contributed by atoms with Crippen molar-refractivity contribution in [3.63, 3.8) is 0 Å². The molecule has 1 unspecified atom stereocenters. The maximum absolute atomic E-state index is 6.03. The standard InChI is InChI=1S/C15H22N4O/c1-3-4-14(16)15-11-19(18-17-15)10-9-12-5-7-13(20-2)8-6-12/h5-8,11,14H,3-4,9-10,16H2,1-2H3. The molecule has 0 aliphatic rings. The van der Waals surface area contributed by atoms with Crippen LogP contribution in [0.5, 0.6) is 5.75 Å². The molecule has 0 fully saturated rings. The maximum Gasteiger partial charge on any atom is 0.118 e. The Labute approximate surface area is 119 Å². The van der Waals surface area contributed by atoms with Crippen LogP contribution in [0.15, 0.2) is 30.5 Å². The van der Waals surface area contributed by atoms with E-state index in [9.17, 15) is 0 Å². The molecule has 0 saturated heterocycles. The van der Waals surface area contributed by atoms with Gasteiger partial charge in [-0.1, -0.05) is 30.7 Å². The first-order chi connectivity index (χ1) is 9.72. The molecule has 2 rings (SSSR count). The molecule has 20 heavy (non-hydrogen) atoms. The van der Waals surface area contributed by atoms with Crippen LogP contribution in [0, 0.1) is 0 Å². The third-order valence-corrected chi connectivity index (χ3v) is 3.32. The fourth-order valence-corrected chi connectivity index (χ4v) is 2.09. The Morgan fingerprint density at radius 1 is 1.30 bits per heavy atom. The first-order valence-corrected chi connectivity index (χ1v) is 7.01. The van der Waals surface area contributed by atoms with E-state index in [1.807, 2.05) is 23.0 Å². The van der Waals surface area contributed by atoms with Crippen LogP contribution in [0.3, 0.4) is 0 Å². The van der Waals surface area contributed by atoms with E-state index in [1.54, 1.807) is 7.11 Å². The Bertz CT molecular complexity index is 521. The largest absolute Gasteiger partial charge is 0.497 e. The van der Waals surface area contributed by atoms with Crippen molar-refractivity contribution in [1.82, 2.24) is 15.0 Å². The van der Waals surface area contributed by atoms with E-state index in [4.69, 9.17) is 10.5 Å². The van der Waals surface area contributed by atoms with Crippen molar-refractivity contribution in [3.8, 4) is 5.75 Å². The van der Waals surface area contributed by atoms with Gasteiger partial charge in [-0.2, -0.15) is 0 Å². The van der Waals surface area contributed by atoms with Gasteiger partial charge in [-0.15, -0.1) is 5.10 Å². The topological polar surface area (TPSA) is 66.0 Å². The van der Waals surface area contributed by atoms with Gasteiger partial charge < -0.3 is 10.5 Å². The van der Waals surface area contributed by atoms with Crippen LogP contribution in [-0.2, 0) is 13.0 Å². The van der Waals surface area contributed by atoms with Crippen molar-refractivity contribution in [2.24, 2.45) is 5.73 Å². The first-order valence-electron chi connectivity index (χ1n) is 7.01. The van der Waals surface area contributed by atoms with Gasteiger partial charge in [0.1, 0.15) is 5.75 Å². The quantitative estimate of drug-likeness (QED) is 0.841. The van der Waals surface area contributed by atoms with Gasteiger partial charge >= 0.3 is 0 Å². The molecule has 0 radical (unpaired) electrons. The van der Waals surface area contributed by atoms with Gasteiger partial charge in [0.15, 0.2) is 0 Å². The summed E-state index contributed by atoms with van der Waals surface area (Å²) in [4.78, 5) is 0. The minimum absolute atomic E-state index is 0.00487. The van der Waals surface area contributed by atoms with E-state index in [1.165, 1.54) is 5.56 Å². The lowest BCUT2D eigenvalue weighted by atomic mass is 10.1. The monoisotopic (exact) mass is 274 g/mol. The Kier molecular flexibility index (Phi) is 5.12. The summed E-state index contributed by atoms with van der Waals surface area (Å²) in [6, 6.07) is 8.08. The van der Waals surface area contributed by atoms with Gasteiger partial charge in [-0.25, -0.2) is 0 Å². The molecular formula is C15H22N4O. The van der Waals surface area contributed by atoms with Crippen LogP contribution < -0.4 is 10.5 Å². The molecular weight excluding hydrogens is 252 g/mol. The van der Waals surface area contributed by atoms with Gasteiger partial charge in [-0.05, 0) is 30.5 Å². The number of nitrogens with zero attached hydrogens (tertiary/aromatic N) is 3. The van der Waals surface area contributed by atoms with Crippen molar-refractivity contribution in [2.45, 2.75) is 38.8 Å². The van der Waals surface area contributed by atoms with Crippen LogP contribution >= 0.6 is 0 Å². The highest BCUT2D eigenvalue weighted by Crippen LogP contribution is 2.14. The molecule has 2 N–H and O–H groups in total. The molecule has 1 heterocycles. The van der Waals surface area contributed by atoms with Crippen LogP contribution in [-0.4, -0.2) is 22.1 Å². The molecule has 5 heteroatoms. The normalized spacial score (nSPS) is 12.3. The maximum atomic E-state index is 6.03. The van der Waals surface area contributed by atoms with Crippen molar-refractivity contribution >= 4 is 0 Å². The van der Waals surface area contributed by atoms with Gasteiger partial charge in [0, 0.05) is 6.54 Å². The zero-order chi connectivity index (χ0) is 14.4. The summed E-state index contributed by atoms with van der Waals surface area (Å²) in [6.45, 7) is 2.92. The van der Waals surface area contributed by atoms with E-state index < -0.39 is 0 Å². The predicted molar refractivity (Wildman–Crippen MR) is 78.6 cm³/mol. The van der Waals surface area contributed by atoms with Gasteiger partial charge in [0.05, 0.1) is 25.0 Å². The Balaban J connectivity index is 1.90.